The lowest BCUT2D eigenvalue weighted by atomic mass is 9.87. The van der Waals surface area contributed by atoms with E-state index in [0.29, 0.717) is 13.0 Å². The molecule has 192 valence electrons. The molecule has 4 aromatic carbocycles. The topological polar surface area (TPSA) is 44.9 Å². The van der Waals surface area contributed by atoms with Crippen molar-refractivity contribution in [2.45, 2.75) is 31.6 Å². The van der Waals surface area contributed by atoms with Crippen molar-refractivity contribution in [3.63, 3.8) is 0 Å². The monoisotopic (exact) mass is 508 g/mol. The average molecular weight is 509 g/mol. The van der Waals surface area contributed by atoms with E-state index in [0.717, 1.165) is 46.9 Å². The predicted octanol–water partition coefficient (Wildman–Crippen LogP) is 7.31. The molecule has 1 amide bonds. The zero-order valence-electron chi connectivity index (χ0n) is 21.1. The summed E-state index contributed by atoms with van der Waals surface area (Å²) in [6, 6.07) is 29.5. The zero-order valence-corrected chi connectivity index (χ0v) is 21.1. The first kappa shape index (κ1) is 25.4. The largest absolute Gasteiger partial charge is 0.361 e. The Balaban J connectivity index is 1.19. The van der Waals surface area contributed by atoms with Gasteiger partial charge in [0, 0.05) is 29.6 Å². The quantitative estimate of drug-likeness (QED) is 0.191. The molecule has 0 aliphatic carbocycles. The Labute approximate surface area is 221 Å². The maximum absolute atomic E-state index is 13.5. The molecule has 2 N–H and O–H groups in total. The van der Waals surface area contributed by atoms with Crippen LogP contribution in [0.2, 0.25) is 0 Å². The fourth-order valence-electron chi connectivity index (χ4n) is 5.00. The second kappa shape index (κ2) is 11.9. The van der Waals surface area contributed by atoms with Gasteiger partial charge in [0.05, 0.1) is 6.42 Å². The Bertz CT molecular complexity index is 1450. The third-order valence-corrected chi connectivity index (χ3v) is 6.97. The molecule has 38 heavy (non-hydrogen) atoms. The molecule has 0 spiro atoms. The van der Waals surface area contributed by atoms with Crippen molar-refractivity contribution in [2.75, 3.05) is 6.54 Å². The van der Waals surface area contributed by atoms with E-state index in [1.165, 1.54) is 35.4 Å². The minimum Gasteiger partial charge on any atom is -0.361 e. The summed E-state index contributed by atoms with van der Waals surface area (Å²) in [6.45, 7) is 0.527. The molecule has 5 heteroatoms. The molecule has 0 aliphatic rings. The minimum absolute atomic E-state index is 0.00949. The third kappa shape index (κ3) is 6.35. The Morgan fingerprint density at radius 3 is 2.11 bits per heavy atom. The van der Waals surface area contributed by atoms with Crippen LogP contribution in [0.4, 0.5) is 8.78 Å². The summed E-state index contributed by atoms with van der Waals surface area (Å²) in [6.07, 6.45) is 4.54. The second-order valence-corrected chi connectivity index (χ2v) is 9.68. The maximum atomic E-state index is 13.5. The van der Waals surface area contributed by atoms with Gasteiger partial charge in [0.1, 0.15) is 11.6 Å². The van der Waals surface area contributed by atoms with Gasteiger partial charge in [-0.05, 0) is 83.5 Å². The van der Waals surface area contributed by atoms with Gasteiger partial charge in [-0.2, -0.15) is 0 Å². The Kier molecular flexibility index (Phi) is 7.93. The van der Waals surface area contributed by atoms with Crippen molar-refractivity contribution < 1.29 is 13.6 Å². The fourth-order valence-corrected chi connectivity index (χ4v) is 5.00. The summed E-state index contributed by atoms with van der Waals surface area (Å²) in [7, 11) is 0. The van der Waals surface area contributed by atoms with Gasteiger partial charge in [-0.25, -0.2) is 8.78 Å². The molecule has 0 unspecified atom stereocenters. The van der Waals surface area contributed by atoms with Crippen LogP contribution in [0.25, 0.3) is 10.9 Å². The van der Waals surface area contributed by atoms with Crippen LogP contribution in [-0.2, 0) is 17.6 Å². The highest BCUT2D eigenvalue weighted by Crippen LogP contribution is 2.29. The highest BCUT2D eigenvalue weighted by atomic mass is 19.1. The first-order valence-electron chi connectivity index (χ1n) is 13.0. The summed E-state index contributed by atoms with van der Waals surface area (Å²) >= 11 is 0. The van der Waals surface area contributed by atoms with Gasteiger partial charge in [-0.1, -0.05) is 60.7 Å². The van der Waals surface area contributed by atoms with E-state index in [-0.39, 0.29) is 23.5 Å². The van der Waals surface area contributed by atoms with Crippen molar-refractivity contribution in [2.24, 2.45) is 0 Å². The number of benzene rings is 4. The number of aromatic amines is 1. The second-order valence-electron chi connectivity index (χ2n) is 9.68. The molecule has 1 aromatic heterocycles. The van der Waals surface area contributed by atoms with E-state index >= 15 is 0 Å². The number of carbonyl (C=O) groups is 1. The Hall–Kier alpha value is -4.25. The SMILES string of the molecule is O=C(Cc1c[nH]c2ccc(Cc3ccccc3)cc12)NCCCC(c1ccc(F)cc1)c1ccc(F)cc1. The van der Waals surface area contributed by atoms with Gasteiger partial charge >= 0.3 is 0 Å². The minimum atomic E-state index is -0.289. The zero-order chi connectivity index (χ0) is 26.3. The van der Waals surface area contributed by atoms with Crippen LogP contribution in [0, 0.1) is 11.6 Å². The lowest BCUT2D eigenvalue weighted by Gasteiger charge is -2.18. The molecular formula is C33H30F2N2O. The lowest BCUT2D eigenvalue weighted by molar-refractivity contribution is -0.120. The fraction of sp³-hybridized carbons (Fsp3) is 0.182. The molecule has 5 aromatic rings. The summed E-state index contributed by atoms with van der Waals surface area (Å²) in [4.78, 5) is 16.1. The average Bonchev–Trinajstić information content (AvgIpc) is 3.32. The van der Waals surface area contributed by atoms with Crippen LogP contribution >= 0.6 is 0 Å². The van der Waals surface area contributed by atoms with Gasteiger partial charge in [0.25, 0.3) is 0 Å². The van der Waals surface area contributed by atoms with Crippen molar-refractivity contribution in [1.82, 2.24) is 10.3 Å². The number of rotatable bonds is 10. The molecule has 0 saturated heterocycles. The van der Waals surface area contributed by atoms with Crippen LogP contribution in [0.15, 0.2) is 103 Å². The lowest BCUT2D eigenvalue weighted by Crippen LogP contribution is -2.26. The van der Waals surface area contributed by atoms with E-state index in [9.17, 15) is 13.6 Å². The standard InChI is InChI=1S/C33H30F2N2O/c34-28-13-9-25(10-14-28)30(26-11-15-29(35)16-12-26)7-4-18-36-33(38)21-27-22-37-32-17-8-24(20-31(27)32)19-23-5-2-1-3-6-23/h1-3,5-6,8-17,20,22,30,37H,4,7,18-19,21H2,(H,36,38). The number of aromatic nitrogens is 1. The summed E-state index contributed by atoms with van der Waals surface area (Å²) in [5.41, 5.74) is 6.39. The number of nitrogens with one attached hydrogen (secondary N) is 2. The van der Waals surface area contributed by atoms with Crippen LogP contribution in [0.5, 0.6) is 0 Å². The maximum Gasteiger partial charge on any atom is 0.224 e. The van der Waals surface area contributed by atoms with Crippen molar-refractivity contribution >= 4 is 16.8 Å². The molecule has 3 nitrogen and oxygen atoms in total. The van der Waals surface area contributed by atoms with E-state index < -0.39 is 0 Å². The van der Waals surface area contributed by atoms with Crippen molar-refractivity contribution in [3.8, 4) is 0 Å². The van der Waals surface area contributed by atoms with Gasteiger partial charge in [-0.15, -0.1) is 0 Å². The van der Waals surface area contributed by atoms with E-state index in [1.54, 1.807) is 24.3 Å². The van der Waals surface area contributed by atoms with Crippen molar-refractivity contribution in [3.05, 3.63) is 143 Å². The Morgan fingerprint density at radius 1 is 0.789 bits per heavy atom. The van der Waals surface area contributed by atoms with Gasteiger partial charge in [-0.3, -0.25) is 4.79 Å². The van der Waals surface area contributed by atoms with Gasteiger partial charge < -0.3 is 10.3 Å². The summed E-state index contributed by atoms with van der Waals surface area (Å²) in [5.74, 6) is -0.615. The smallest absolute Gasteiger partial charge is 0.224 e. The number of fused-ring (bicyclic) bond motifs is 1. The van der Waals surface area contributed by atoms with E-state index in [1.807, 2.05) is 24.4 Å². The van der Waals surface area contributed by atoms with Crippen LogP contribution in [0.1, 0.15) is 46.6 Å². The normalized spacial score (nSPS) is 11.2. The molecule has 0 radical (unpaired) electrons. The van der Waals surface area contributed by atoms with Crippen LogP contribution in [-0.4, -0.2) is 17.4 Å². The molecule has 0 atom stereocenters. The highest BCUT2D eigenvalue weighted by molar-refractivity contribution is 5.89. The number of hydrogen-bond donors (Lipinski definition) is 2. The molecule has 0 fully saturated rings. The first-order chi connectivity index (χ1) is 18.5. The molecule has 0 aliphatic heterocycles. The summed E-state index contributed by atoms with van der Waals surface area (Å²) < 4.78 is 26.9. The van der Waals surface area contributed by atoms with E-state index in [4.69, 9.17) is 0 Å². The molecular weight excluding hydrogens is 478 g/mol. The van der Waals surface area contributed by atoms with E-state index in [2.05, 4.69) is 40.6 Å². The molecule has 5 rings (SSSR count). The number of halogens is 2. The first-order valence-corrected chi connectivity index (χ1v) is 13.0. The van der Waals surface area contributed by atoms with Crippen LogP contribution < -0.4 is 5.32 Å². The number of hydrogen-bond acceptors (Lipinski definition) is 1. The summed E-state index contributed by atoms with van der Waals surface area (Å²) in [5, 5.41) is 4.11. The Morgan fingerprint density at radius 2 is 1.45 bits per heavy atom. The molecule has 0 saturated carbocycles. The van der Waals surface area contributed by atoms with Crippen molar-refractivity contribution in [1.29, 1.82) is 0 Å². The van der Waals surface area contributed by atoms with Gasteiger partial charge in [0.15, 0.2) is 0 Å². The predicted molar refractivity (Wildman–Crippen MR) is 148 cm³/mol. The molecule has 1 heterocycles. The third-order valence-electron chi connectivity index (χ3n) is 6.97. The van der Waals surface area contributed by atoms with Crippen LogP contribution in [0.3, 0.4) is 0 Å². The molecule has 0 bridgehead atoms. The highest BCUT2D eigenvalue weighted by Gasteiger charge is 2.15. The number of H-pyrrole nitrogens is 1. The number of amides is 1. The number of carbonyl (C=O) groups excluding carboxylic acids is 1. The van der Waals surface area contributed by atoms with Gasteiger partial charge in [0.2, 0.25) is 5.91 Å².